The highest BCUT2D eigenvalue weighted by Gasteiger charge is 2.37. The van der Waals surface area contributed by atoms with Crippen LogP contribution in [0.2, 0.25) is 0 Å². The molecule has 0 aliphatic heterocycles. The van der Waals surface area contributed by atoms with Gasteiger partial charge < -0.3 is 4.52 Å². The maximum Gasteiger partial charge on any atom is 0.464 e. The standard InChI is InChI=1S/C20H13N2O4PS2/c23-19-21(15-10-4-6-12-17(15)28-19)27(25,26-14-8-2-1-3-9-14)22-16-11-5-7-13-18(16)29-20(22)24/h1-13H. The quantitative estimate of drug-likeness (QED) is 0.368. The van der Waals surface area contributed by atoms with Crippen LogP contribution < -0.4 is 14.3 Å². The van der Waals surface area contributed by atoms with Crippen molar-refractivity contribution in [2.45, 2.75) is 0 Å². The fourth-order valence-electron chi connectivity index (χ4n) is 3.18. The largest absolute Gasteiger partial charge is 0.464 e. The Bertz CT molecular complexity index is 1420. The third-order valence-electron chi connectivity index (χ3n) is 4.40. The van der Waals surface area contributed by atoms with Crippen molar-refractivity contribution in [2.24, 2.45) is 0 Å². The van der Waals surface area contributed by atoms with E-state index in [9.17, 15) is 14.2 Å². The van der Waals surface area contributed by atoms with Crippen LogP contribution in [-0.4, -0.2) is 8.68 Å². The first kappa shape index (κ1) is 18.1. The monoisotopic (exact) mass is 440 g/mol. The molecule has 0 spiro atoms. The lowest BCUT2D eigenvalue weighted by Crippen LogP contribution is -2.24. The fourth-order valence-corrected chi connectivity index (χ4v) is 7.79. The van der Waals surface area contributed by atoms with Crippen LogP contribution in [0.4, 0.5) is 0 Å². The molecule has 0 atom stereocenters. The molecule has 144 valence electrons. The van der Waals surface area contributed by atoms with E-state index in [1.54, 1.807) is 78.9 Å². The SMILES string of the molecule is O=c1sc2ccccc2n1P(=O)(Oc1ccccc1)n1c(=O)sc2ccccc21. The van der Waals surface area contributed by atoms with Crippen LogP contribution in [0.25, 0.3) is 20.4 Å². The molecule has 0 saturated carbocycles. The van der Waals surface area contributed by atoms with Gasteiger partial charge in [-0.05, 0) is 36.4 Å². The summed E-state index contributed by atoms with van der Waals surface area (Å²) >= 11 is 1.94. The van der Waals surface area contributed by atoms with Gasteiger partial charge in [0.25, 0.3) is 0 Å². The number of thiazole rings is 2. The van der Waals surface area contributed by atoms with Crippen molar-refractivity contribution in [2.75, 3.05) is 0 Å². The molecule has 2 heterocycles. The Morgan fingerprint density at radius 2 is 1.10 bits per heavy atom. The lowest BCUT2D eigenvalue weighted by Gasteiger charge is -2.21. The second kappa shape index (κ2) is 6.84. The Balaban J connectivity index is 1.89. The van der Waals surface area contributed by atoms with Crippen molar-refractivity contribution < 1.29 is 9.09 Å². The first-order valence-corrected chi connectivity index (χ1v) is 11.8. The average molecular weight is 440 g/mol. The number of rotatable bonds is 4. The average Bonchev–Trinajstić information content (AvgIpc) is 3.24. The molecule has 29 heavy (non-hydrogen) atoms. The normalized spacial score (nSPS) is 11.9. The molecule has 2 aromatic heterocycles. The molecule has 0 bridgehead atoms. The molecular formula is C20H13N2O4PS2. The molecular weight excluding hydrogens is 427 g/mol. The summed E-state index contributed by atoms with van der Waals surface area (Å²) in [4.78, 5) is 25.0. The third kappa shape index (κ3) is 2.88. The summed E-state index contributed by atoms with van der Waals surface area (Å²) in [5, 5.41) is 0. The minimum absolute atomic E-state index is 0.306. The molecule has 0 unspecified atom stereocenters. The van der Waals surface area contributed by atoms with Gasteiger partial charge in [0, 0.05) is 0 Å². The highest BCUT2D eigenvalue weighted by atomic mass is 32.1. The van der Waals surface area contributed by atoms with Crippen LogP contribution in [0, 0.1) is 0 Å². The van der Waals surface area contributed by atoms with Crippen LogP contribution in [0.1, 0.15) is 0 Å². The summed E-state index contributed by atoms with van der Waals surface area (Å²) in [5.74, 6) is 0.306. The zero-order valence-corrected chi connectivity index (χ0v) is 17.3. The van der Waals surface area contributed by atoms with Gasteiger partial charge in [0.15, 0.2) is 0 Å². The Kier molecular flexibility index (Phi) is 4.28. The van der Waals surface area contributed by atoms with Gasteiger partial charge in [-0.15, -0.1) is 0 Å². The van der Waals surface area contributed by atoms with Crippen molar-refractivity contribution in [3.63, 3.8) is 0 Å². The highest BCUT2D eigenvalue weighted by molar-refractivity contribution is 7.57. The number of fused-ring (bicyclic) bond motifs is 2. The first-order valence-electron chi connectivity index (χ1n) is 8.65. The molecule has 0 N–H and O–H groups in total. The molecule has 5 aromatic rings. The van der Waals surface area contributed by atoms with E-state index in [4.69, 9.17) is 4.52 Å². The highest BCUT2D eigenvalue weighted by Crippen LogP contribution is 2.52. The zero-order valence-electron chi connectivity index (χ0n) is 14.8. The molecule has 0 fully saturated rings. The third-order valence-corrected chi connectivity index (χ3v) is 8.77. The van der Waals surface area contributed by atoms with E-state index in [0.717, 1.165) is 31.3 Å². The summed E-state index contributed by atoms with van der Waals surface area (Å²) < 4.78 is 24.0. The van der Waals surface area contributed by atoms with Gasteiger partial charge in [-0.1, -0.05) is 65.1 Å². The number of aromatic nitrogens is 2. The van der Waals surface area contributed by atoms with E-state index in [0.29, 0.717) is 26.2 Å². The predicted octanol–water partition coefficient (Wildman–Crippen LogP) is 5.02. The summed E-state index contributed by atoms with van der Waals surface area (Å²) in [6, 6.07) is 22.6. The van der Waals surface area contributed by atoms with Gasteiger partial charge in [0.1, 0.15) is 5.75 Å². The lowest BCUT2D eigenvalue weighted by atomic mass is 10.3. The van der Waals surface area contributed by atoms with Crippen molar-refractivity contribution in [3.8, 4) is 5.75 Å². The van der Waals surface area contributed by atoms with E-state index in [1.807, 2.05) is 0 Å². The number of hydrogen-bond acceptors (Lipinski definition) is 6. The number of hydrogen-bond donors (Lipinski definition) is 0. The van der Waals surface area contributed by atoms with Crippen molar-refractivity contribution >= 4 is 50.8 Å². The maximum absolute atomic E-state index is 14.5. The summed E-state index contributed by atoms with van der Waals surface area (Å²) in [6.07, 6.45) is 0. The minimum Gasteiger partial charge on any atom is -0.413 e. The Labute approximate surface area is 172 Å². The van der Waals surface area contributed by atoms with E-state index < -0.39 is 17.4 Å². The van der Waals surface area contributed by atoms with Crippen molar-refractivity contribution in [1.82, 2.24) is 8.68 Å². The van der Waals surface area contributed by atoms with Gasteiger partial charge in [-0.2, -0.15) is 8.68 Å². The molecule has 5 rings (SSSR count). The molecule has 0 amide bonds. The van der Waals surface area contributed by atoms with E-state index in [1.165, 1.54) is 0 Å². The second-order valence-electron chi connectivity index (χ2n) is 6.19. The maximum atomic E-state index is 14.5. The minimum atomic E-state index is -4.19. The Morgan fingerprint density at radius 3 is 1.62 bits per heavy atom. The van der Waals surface area contributed by atoms with Gasteiger partial charge in [0.05, 0.1) is 20.4 Å². The van der Waals surface area contributed by atoms with Crippen LogP contribution in [0.15, 0.2) is 88.5 Å². The van der Waals surface area contributed by atoms with E-state index in [-0.39, 0.29) is 0 Å². The number of para-hydroxylation sites is 3. The van der Waals surface area contributed by atoms with Crippen molar-refractivity contribution in [3.05, 3.63) is 98.2 Å². The summed E-state index contributed by atoms with van der Waals surface area (Å²) in [7, 11) is -4.19. The lowest BCUT2D eigenvalue weighted by molar-refractivity contribution is 0.462. The van der Waals surface area contributed by atoms with Gasteiger partial charge in [0.2, 0.25) is 0 Å². The second-order valence-corrected chi connectivity index (χ2v) is 10.1. The molecule has 3 aromatic carbocycles. The van der Waals surface area contributed by atoms with Crippen molar-refractivity contribution in [1.29, 1.82) is 0 Å². The van der Waals surface area contributed by atoms with Gasteiger partial charge >= 0.3 is 17.4 Å². The van der Waals surface area contributed by atoms with Gasteiger partial charge in [-0.25, -0.2) is 4.57 Å². The predicted molar refractivity (Wildman–Crippen MR) is 118 cm³/mol. The van der Waals surface area contributed by atoms with Gasteiger partial charge in [-0.3, -0.25) is 9.59 Å². The Morgan fingerprint density at radius 1 is 0.655 bits per heavy atom. The van der Waals surface area contributed by atoms with Crippen LogP contribution in [0.3, 0.4) is 0 Å². The molecule has 0 aliphatic carbocycles. The summed E-state index contributed by atoms with van der Waals surface area (Å²) in [5.41, 5.74) is 0.924. The molecule has 0 radical (unpaired) electrons. The topological polar surface area (TPSA) is 70.3 Å². The van der Waals surface area contributed by atoms with Crippen LogP contribution >= 0.6 is 30.3 Å². The van der Waals surface area contributed by atoms with E-state index >= 15 is 0 Å². The smallest absolute Gasteiger partial charge is 0.413 e. The molecule has 6 nitrogen and oxygen atoms in total. The Hall–Kier alpha value is -2.93. The fraction of sp³-hybridized carbons (Fsp3) is 0. The molecule has 0 saturated heterocycles. The van der Waals surface area contributed by atoms with E-state index in [2.05, 4.69) is 0 Å². The van der Waals surface area contributed by atoms with Crippen LogP contribution in [0.5, 0.6) is 5.75 Å². The summed E-state index contributed by atoms with van der Waals surface area (Å²) in [6.45, 7) is 0. The van der Waals surface area contributed by atoms with Crippen LogP contribution in [-0.2, 0) is 4.57 Å². The number of benzene rings is 3. The molecule has 9 heteroatoms. The number of nitrogens with zero attached hydrogens (tertiary/aromatic N) is 2. The first-order chi connectivity index (χ1) is 14.1. The zero-order chi connectivity index (χ0) is 20.0. The molecule has 0 aliphatic rings.